The van der Waals surface area contributed by atoms with Gasteiger partial charge in [-0.2, -0.15) is 0 Å². The SMILES string of the molecule is CC(C)C(=O)NCc1ccc(CN2CCCC2)cc1. The van der Waals surface area contributed by atoms with Gasteiger partial charge in [0.25, 0.3) is 0 Å². The summed E-state index contributed by atoms with van der Waals surface area (Å²) in [5.74, 6) is 0.163. The molecule has 0 spiro atoms. The number of carbonyl (C=O) groups excluding carboxylic acids is 1. The van der Waals surface area contributed by atoms with E-state index in [9.17, 15) is 4.79 Å². The molecule has 1 aliphatic heterocycles. The molecule has 1 amide bonds. The standard InChI is InChI=1S/C16H24N2O/c1-13(2)16(19)17-11-14-5-7-15(8-6-14)12-18-9-3-4-10-18/h5-8,13H,3-4,9-12H2,1-2H3,(H,17,19). The van der Waals surface area contributed by atoms with Crippen LogP contribution >= 0.6 is 0 Å². The third-order valence-electron chi connectivity index (χ3n) is 3.62. The molecular weight excluding hydrogens is 236 g/mol. The molecule has 0 saturated carbocycles. The zero-order valence-electron chi connectivity index (χ0n) is 12.0. The normalized spacial score (nSPS) is 15.9. The summed E-state index contributed by atoms with van der Waals surface area (Å²) in [4.78, 5) is 14.0. The van der Waals surface area contributed by atoms with Crippen LogP contribution in [0, 0.1) is 5.92 Å². The van der Waals surface area contributed by atoms with Crippen LogP contribution in [0.1, 0.15) is 37.8 Å². The molecule has 0 radical (unpaired) electrons. The summed E-state index contributed by atoms with van der Waals surface area (Å²) in [7, 11) is 0. The van der Waals surface area contributed by atoms with E-state index < -0.39 is 0 Å². The molecule has 1 fully saturated rings. The van der Waals surface area contributed by atoms with E-state index in [1.165, 1.54) is 37.1 Å². The molecule has 1 aromatic carbocycles. The Morgan fingerprint density at radius 1 is 1.16 bits per heavy atom. The van der Waals surface area contributed by atoms with Crippen LogP contribution < -0.4 is 5.32 Å². The minimum atomic E-state index is 0.0504. The van der Waals surface area contributed by atoms with Crippen molar-refractivity contribution in [3.8, 4) is 0 Å². The first-order valence-corrected chi connectivity index (χ1v) is 7.23. The lowest BCUT2D eigenvalue weighted by molar-refractivity contribution is -0.124. The lowest BCUT2D eigenvalue weighted by atomic mass is 10.1. The summed E-state index contributed by atoms with van der Waals surface area (Å²) >= 11 is 0. The van der Waals surface area contributed by atoms with E-state index in [1.807, 2.05) is 13.8 Å². The second-order valence-corrected chi connectivity index (χ2v) is 5.67. The van der Waals surface area contributed by atoms with Crippen molar-refractivity contribution in [2.24, 2.45) is 5.92 Å². The molecule has 2 rings (SSSR count). The van der Waals surface area contributed by atoms with Crippen molar-refractivity contribution < 1.29 is 4.79 Å². The maximum Gasteiger partial charge on any atom is 0.222 e. The van der Waals surface area contributed by atoms with E-state index in [4.69, 9.17) is 0 Å². The summed E-state index contributed by atoms with van der Waals surface area (Å²) in [5.41, 5.74) is 2.53. The van der Waals surface area contributed by atoms with Gasteiger partial charge in [0.05, 0.1) is 0 Å². The molecule has 1 aromatic rings. The number of rotatable bonds is 5. The van der Waals surface area contributed by atoms with Crippen LogP contribution in [0.15, 0.2) is 24.3 Å². The monoisotopic (exact) mass is 260 g/mol. The number of nitrogens with zero attached hydrogens (tertiary/aromatic N) is 1. The second-order valence-electron chi connectivity index (χ2n) is 5.67. The molecule has 0 aliphatic carbocycles. The van der Waals surface area contributed by atoms with E-state index in [1.54, 1.807) is 0 Å². The summed E-state index contributed by atoms with van der Waals surface area (Å²) < 4.78 is 0. The number of likely N-dealkylation sites (tertiary alicyclic amines) is 1. The molecule has 0 unspecified atom stereocenters. The Morgan fingerprint density at radius 2 is 1.74 bits per heavy atom. The fraction of sp³-hybridized carbons (Fsp3) is 0.562. The van der Waals surface area contributed by atoms with Crippen LogP contribution in [0.2, 0.25) is 0 Å². The average Bonchev–Trinajstić information content (AvgIpc) is 2.90. The highest BCUT2D eigenvalue weighted by Crippen LogP contribution is 2.13. The van der Waals surface area contributed by atoms with Crippen molar-refractivity contribution in [1.82, 2.24) is 10.2 Å². The van der Waals surface area contributed by atoms with E-state index in [-0.39, 0.29) is 11.8 Å². The third kappa shape index (κ3) is 4.35. The van der Waals surface area contributed by atoms with Crippen LogP contribution in [-0.4, -0.2) is 23.9 Å². The zero-order valence-corrected chi connectivity index (χ0v) is 12.0. The molecule has 1 N–H and O–H groups in total. The van der Waals surface area contributed by atoms with E-state index in [0.29, 0.717) is 6.54 Å². The second kappa shape index (κ2) is 6.71. The van der Waals surface area contributed by atoms with Gasteiger partial charge in [0.1, 0.15) is 0 Å². The molecule has 0 bridgehead atoms. The van der Waals surface area contributed by atoms with E-state index in [0.717, 1.165) is 6.54 Å². The van der Waals surface area contributed by atoms with E-state index >= 15 is 0 Å². The molecular formula is C16H24N2O. The fourth-order valence-electron chi connectivity index (χ4n) is 2.35. The quantitative estimate of drug-likeness (QED) is 0.882. The van der Waals surface area contributed by atoms with Crippen LogP contribution in [-0.2, 0) is 17.9 Å². The Labute approximate surface area is 116 Å². The number of nitrogens with one attached hydrogen (secondary N) is 1. The van der Waals surface area contributed by atoms with Gasteiger partial charge in [-0.3, -0.25) is 9.69 Å². The first-order chi connectivity index (χ1) is 9.15. The van der Waals surface area contributed by atoms with Gasteiger partial charge in [0.2, 0.25) is 5.91 Å². The number of hydrogen-bond donors (Lipinski definition) is 1. The molecule has 104 valence electrons. The minimum Gasteiger partial charge on any atom is -0.352 e. The predicted molar refractivity (Wildman–Crippen MR) is 77.6 cm³/mol. The maximum atomic E-state index is 11.5. The molecule has 1 saturated heterocycles. The van der Waals surface area contributed by atoms with Crippen molar-refractivity contribution in [3.05, 3.63) is 35.4 Å². The predicted octanol–water partition coefficient (Wildman–Crippen LogP) is 2.55. The van der Waals surface area contributed by atoms with Crippen LogP contribution in [0.5, 0.6) is 0 Å². The van der Waals surface area contributed by atoms with Crippen LogP contribution in [0.4, 0.5) is 0 Å². The van der Waals surface area contributed by atoms with Gasteiger partial charge in [-0.1, -0.05) is 38.1 Å². The lowest BCUT2D eigenvalue weighted by Gasteiger charge is -2.15. The van der Waals surface area contributed by atoms with Gasteiger partial charge in [-0.05, 0) is 37.1 Å². The summed E-state index contributed by atoms with van der Waals surface area (Å²) in [6.45, 7) is 7.96. The Balaban J connectivity index is 1.82. The van der Waals surface area contributed by atoms with Crippen molar-refractivity contribution in [2.45, 2.75) is 39.8 Å². The zero-order chi connectivity index (χ0) is 13.7. The largest absolute Gasteiger partial charge is 0.352 e. The Hall–Kier alpha value is -1.35. The smallest absolute Gasteiger partial charge is 0.222 e. The van der Waals surface area contributed by atoms with Crippen molar-refractivity contribution in [2.75, 3.05) is 13.1 Å². The van der Waals surface area contributed by atoms with Gasteiger partial charge in [0, 0.05) is 19.0 Å². The van der Waals surface area contributed by atoms with Gasteiger partial charge >= 0.3 is 0 Å². The topological polar surface area (TPSA) is 32.3 Å². The van der Waals surface area contributed by atoms with E-state index in [2.05, 4.69) is 34.5 Å². The minimum absolute atomic E-state index is 0.0504. The highest BCUT2D eigenvalue weighted by molar-refractivity contribution is 5.77. The molecule has 3 nitrogen and oxygen atoms in total. The number of amides is 1. The van der Waals surface area contributed by atoms with Gasteiger partial charge in [-0.25, -0.2) is 0 Å². The molecule has 3 heteroatoms. The maximum absolute atomic E-state index is 11.5. The Kier molecular flexibility index (Phi) is 4.97. The Morgan fingerprint density at radius 3 is 2.32 bits per heavy atom. The van der Waals surface area contributed by atoms with Crippen molar-refractivity contribution in [3.63, 3.8) is 0 Å². The first-order valence-electron chi connectivity index (χ1n) is 7.23. The lowest BCUT2D eigenvalue weighted by Crippen LogP contribution is -2.27. The summed E-state index contributed by atoms with van der Waals surface area (Å²) in [6, 6.07) is 8.59. The van der Waals surface area contributed by atoms with Gasteiger partial charge in [0.15, 0.2) is 0 Å². The highest BCUT2D eigenvalue weighted by atomic mass is 16.1. The molecule has 1 heterocycles. The van der Waals surface area contributed by atoms with Crippen LogP contribution in [0.3, 0.4) is 0 Å². The van der Waals surface area contributed by atoms with Gasteiger partial charge in [-0.15, -0.1) is 0 Å². The molecule has 19 heavy (non-hydrogen) atoms. The summed E-state index contributed by atoms with van der Waals surface area (Å²) in [5, 5.41) is 2.94. The molecule has 1 aliphatic rings. The number of hydrogen-bond acceptors (Lipinski definition) is 2. The fourth-order valence-corrected chi connectivity index (χ4v) is 2.35. The highest BCUT2D eigenvalue weighted by Gasteiger charge is 2.11. The number of benzene rings is 1. The number of carbonyl (C=O) groups is 1. The van der Waals surface area contributed by atoms with Crippen molar-refractivity contribution in [1.29, 1.82) is 0 Å². The first kappa shape index (κ1) is 14.1. The summed E-state index contributed by atoms with van der Waals surface area (Å²) in [6.07, 6.45) is 2.67. The average molecular weight is 260 g/mol. The molecule has 0 aromatic heterocycles. The van der Waals surface area contributed by atoms with Gasteiger partial charge < -0.3 is 5.32 Å². The Bertz CT molecular complexity index is 405. The van der Waals surface area contributed by atoms with Crippen LogP contribution in [0.25, 0.3) is 0 Å². The van der Waals surface area contributed by atoms with Crippen molar-refractivity contribution >= 4 is 5.91 Å². The molecule has 0 atom stereocenters. The third-order valence-corrected chi connectivity index (χ3v) is 3.62.